The first-order valence-electron chi connectivity index (χ1n) is 9.14. The van der Waals surface area contributed by atoms with Gasteiger partial charge in [-0.25, -0.2) is 0 Å². The van der Waals surface area contributed by atoms with Crippen LogP contribution in [0.3, 0.4) is 0 Å². The zero-order chi connectivity index (χ0) is 18.8. The van der Waals surface area contributed by atoms with E-state index < -0.39 is 6.10 Å². The molecule has 6 heteroatoms. The van der Waals surface area contributed by atoms with Crippen LogP contribution in [0.5, 0.6) is 0 Å². The van der Waals surface area contributed by atoms with Crippen LogP contribution in [0.15, 0.2) is 48.7 Å². The van der Waals surface area contributed by atoms with Crippen LogP contribution in [0.2, 0.25) is 0 Å². The van der Waals surface area contributed by atoms with E-state index in [1.807, 2.05) is 42.5 Å². The number of aromatic nitrogens is 2. The molecule has 0 bridgehead atoms. The molecule has 1 aromatic heterocycles. The quantitative estimate of drug-likeness (QED) is 0.694. The van der Waals surface area contributed by atoms with Crippen LogP contribution in [-0.2, 0) is 20.7 Å². The number of carbonyl (C=O) groups excluding carboxylic acids is 2. The van der Waals surface area contributed by atoms with Gasteiger partial charge in [-0.15, -0.1) is 0 Å². The summed E-state index contributed by atoms with van der Waals surface area (Å²) < 4.78 is 5.44. The highest BCUT2D eigenvalue weighted by Gasteiger charge is 2.31. The Labute approximate surface area is 156 Å². The number of aryl methyl sites for hydroxylation is 1. The molecule has 1 heterocycles. The molecule has 2 atom stereocenters. The van der Waals surface area contributed by atoms with Crippen LogP contribution in [0.25, 0.3) is 10.8 Å². The molecule has 1 amide bonds. The van der Waals surface area contributed by atoms with Crippen molar-refractivity contribution in [1.82, 2.24) is 10.2 Å². The summed E-state index contributed by atoms with van der Waals surface area (Å²) in [5, 5.41) is 11.9. The van der Waals surface area contributed by atoms with Gasteiger partial charge >= 0.3 is 5.97 Å². The molecule has 0 aliphatic heterocycles. The number of hydrogen-bond donors (Lipinski definition) is 2. The van der Waals surface area contributed by atoms with Gasteiger partial charge in [0, 0.05) is 5.69 Å². The number of rotatable bonds is 4. The van der Waals surface area contributed by atoms with Crippen molar-refractivity contribution < 1.29 is 14.3 Å². The van der Waals surface area contributed by atoms with Gasteiger partial charge in [0.05, 0.1) is 17.8 Å². The number of amides is 1. The highest BCUT2D eigenvalue weighted by atomic mass is 16.5. The van der Waals surface area contributed by atoms with Crippen molar-refractivity contribution in [3.8, 4) is 0 Å². The number of esters is 1. The van der Waals surface area contributed by atoms with Crippen LogP contribution in [0.1, 0.15) is 36.9 Å². The molecule has 1 aliphatic carbocycles. The van der Waals surface area contributed by atoms with E-state index >= 15 is 0 Å². The third kappa shape index (κ3) is 3.56. The van der Waals surface area contributed by atoms with Crippen LogP contribution in [0, 0.1) is 0 Å². The van der Waals surface area contributed by atoms with Crippen LogP contribution < -0.4 is 5.32 Å². The van der Waals surface area contributed by atoms with Crippen molar-refractivity contribution in [2.75, 3.05) is 5.32 Å². The van der Waals surface area contributed by atoms with E-state index in [1.165, 1.54) is 0 Å². The first kappa shape index (κ1) is 17.3. The molecule has 138 valence electrons. The lowest BCUT2D eigenvalue weighted by Crippen LogP contribution is -2.32. The van der Waals surface area contributed by atoms with Crippen LogP contribution >= 0.6 is 0 Å². The van der Waals surface area contributed by atoms with Gasteiger partial charge in [0.25, 0.3) is 5.91 Å². The number of H-pyrrole nitrogens is 1. The Bertz CT molecular complexity index is 995. The van der Waals surface area contributed by atoms with E-state index in [0.717, 1.165) is 34.9 Å². The van der Waals surface area contributed by atoms with Crippen LogP contribution in [0.4, 0.5) is 5.69 Å². The van der Waals surface area contributed by atoms with Gasteiger partial charge < -0.3 is 10.1 Å². The SMILES string of the molecule is C[C@H](OC(=O)[C@H]1CCCc2cn[nH]c21)C(=O)Nc1ccc2ccccc2c1. The molecule has 3 aromatic rings. The number of fused-ring (bicyclic) bond motifs is 2. The van der Waals surface area contributed by atoms with E-state index in [0.29, 0.717) is 12.1 Å². The molecule has 0 fully saturated rings. The number of carbonyl (C=O) groups is 2. The van der Waals surface area contributed by atoms with Crippen molar-refractivity contribution >= 4 is 28.3 Å². The monoisotopic (exact) mass is 363 g/mol. The smallest absolute Gasteiger partial charge is 0.315 e. The van der Waals surface area contributed by atoms with Crippen molar-refractivity contribution in [2.24, 2.45) is 0 Å². The number of anilines is 1. The van der Waals surface area contributed by atoms with Gasteiger partial charge in [0.2, 0.25) is 0 Å². The highest BCUT2D eigenvalue weighted by molar-refractivity contribution is 5.97. The number of hydrogen-bond acceptors (Lipinski definition) is 4. The summed E-state index contributed by atoms with van der Waals surface area (Å²) in [6.07, 6.45) is 3.40. The summed E-state index contributed by atoms with van der Waals surface area (Å²) in [7, 11) is 0. The average Bonchev–Trinajstić information content (AvgIpc) is 3.16. The Morgan fingerprint density at radius 3 is 2.89 bits per heavy atom. The van der Waals surface area contributed by atoms with Crippen molar-refractivity contribution in [3.05, 3.63) is 59.9 Å². The maximum absolute atomic E-state index is 12.6. The zero-order valence-electron chi connectivity index (χ0n) is 15.1. The summed E-state index contributed by atoms with van der Waals surface area (Å²) in [5.41, 5.74) is 2.54. The van der Waals surface area contributed by atoms with Gasteiger partial charge in [-0.3, -0.25) is 14.7 Å². The van der Waals surface area contributed by atoms with Crippen LogP contribution in [-0.4, -0.2) is 28.2 Å². The fourth-order valence-electron chi connectivity index (χ4n) is 3.52. The van der Waals surface area contributed by atoms with Gasteiger partial charge in [-0.05, 0) is 54.7 Å². The summed E-state index contributed by atoms with van der Waals surface area (Å²) in [5.74, 6) is -1.12. The van der Waals surface area contributed by atoms with E-state index in [9.17, 15) is 9.59 Å². The Balaban J connectivity index is 1.41. The Morgan fingerprint density at radius 1 is 1.22 bits per heavy atom. The number of ether oxygens (including phenoxy) is 1. The first-order valence-corrected chi connectivity index (χ1v) is 9.14. The first-order chi connectivity index (χ1) is 13.1. The molecule has 0 spiro atoms. The van der Waals surface area contributed by atoms with Gasteiger partial charge in [0.15, 0.2) is 6.10 Å². The summed E-state index contributed by atoms with van der Waals surface area (Å²) in [6.45, 7) is 1.59. The molecule has 0 saturated heterocycles. The minimum atomic E-state index is -0.878. The van der Waals surface area contributed by atoms with Crippen molar-refractivity contribution in [2.45, 2.75) is 38.2 Å². The molecule has 0 unspecified atom stereocenters. The average molecular weight is 363 g/mol. The van der Waals surface area contributed by atoms with Gasteiger partial charge in [0.1, 0.15) is 0 Å². The second kappa shape index (κ2) is 7.23. The minimum Gasteiger partial charge on any atom is -0.452 e. The zero-order valence-corrected chi connectivity index (χ0v) is 15.1. The Morgan fingerprint density at radius 2 is 2.04 bits per heavy atom. The summed E-state index contributed by atoms with van der Waals surface area (Å²) in [4.78, 5) is 25.0. The lowest BCUT2D eigenvalue weighted by Gasteiger charge is -2.22. The molecule has 0 radical (unpaired) electrons. The third-order valence-corrected chi connectivity index (χ3v) is 5.00. The number of aromatic amines is 1. The fourth-order valence-corrected chi connectivity index (χ4v) is 3.52. The fraction of sp³-hybridized carbons (Fsp3) is 0.286. The Kier molecular flexibility index (Phi) is 4.62. The molecule has 1 aliphatic rings. The lowest BCUT2D eigenvalue weighted by atomic mass is 9.88. The molecule has 4 rings (SSSR count). The second-order valence-electron chi connectivity index (χ2n) is 6.88. The molecular formula is C21H21N3O3. The minimum absolute atomic E-state index is 0.348. The Hall–Kier alpha value is -3.15. The normalized spacial score (nSPS) is 17.1. The van der Waals surface area contributed by atoms with Crippen molar-refractivity contribution in [1.29, 1.82) is 0 Å². The van der Waals surface area contributed by atoms with E-state index in [1.54, 1.807) is 13.1 Å². The van der Waals surface area contributed by atoms with E-state index in [-0.39, 0.29) is 17.8 Å². The maximum Gasteiger partial charge on any atom is 0.315 e. The number of benzene rings is 2. The number of nitrogens with one attached hydrogen (secondary N) is 2. The largest absolute Gasteiger partial charge is 0.452 e. The second-order valence-corrected chi connectivity index (χ2v) is 6.88. The lowest BCUT2D eigenvalue weighted by molar-refractivity contribution is -0.155. The van der Waals surface area contributed by atoms with E-state index in [4.69, 9.17) is 4.74 Å². The number of nitrogens with zero attached hydrogens (tertiary/aromatic N) is 1. The molecule has 0 saturated carbocycles. The molecule has 27 heavy (non-hydrogen) atoms. The third-order valence-electron chi connectivity index (χ3n) is 5.00. The topological polar surface area (TPSA) is 84.1 Å². The summed E-state index contributed by atoms with van der Waals surface area (Å²) in [6, 6.07) is 13.6. The standard InChI is InChI=1S/C21H21N3O3/c1-13(27-21(26)18-8-4-7-16-12-22-24-19(16)18)20(25)23-17-10-9-14-5-2-3-6-15(14)11-17/h2-3,5-6,9-13,18H,4,7-8H2,1H3,(H,22,24)(H,23,25)/t13-,18-/m0/s1. The highest BCUT2D eigenvalue weighted by Crippen LogP contribution is 2.31. The van der Waals surface area contributed by atoms with Crippen molar-refractivity contribution in [3.63, 3.8) is 0 Å². The molecule has 2 N–H and O–H groups in total. The predicted molar refractivity (Wildman–Crippen MR) is 102 cm³/mol. The van der Waals surface area contributed by atoms with Gasteiger partial charge in [-0.2, -0.15) is 5.10 Å². The molecule has 2 aromatic carbocycles. The molecular weight excluding hydrogens is 342 g/mol. The predicted octanol–water partition coefficient (Wildman–Crippen LogP) is 3.55. The van der Waals surface area contributed by atoms with Gasteiger partial charge in [-0.1, -0.05) is 30.3 Å². The molecule has 6 nitrogen and oxygen atoms in total. The van der Waals surface area contributed by atoms with E-state index in [2.05, 4.69) is 15.5 Å². The summed E-state index contributed by atoms with van der Waals surface area (Å²) >= 11 is 0. The maximum atomic E-state index is 12.6.